The van der Waals surface area contributed by atoms with Crippen LogP contribution in [0.4, 0.5) is 0 Å². The van der Waals surface area contributed by atoms with E-state index >= 15 is 0 Å². The number of rotatable bonds is 1. The van der Waals surface area contributed by atoms with Crippen LogP contribution >= 0.6 is 0 Å². The molecule has 4 aliphatic carbocycles. The first-order valence-electron chi connectivity index (χ1n) is 6.23. The molecule has 0 aromatic heterocycles. The summed E-state index contributed by atoms with van der Waals surface area (Å²) in [5.74, 6) is 1.51. The van der Waals surface area contributed by atoms with Crippen molar-refractivity contribution in [3.8, 4) is 0 Å². The van der Waals surface area contributed by atoms with Gasteiger partial charge in [-0.2, -0.15) is 0 Å². The van der Waals surface area contributed by atoms with Crippen LogP contribution in [0.1, 0.15) is 32.1 Å². The van der Waals surface area contributed by atoms with Crippen molar-refractivity contribution in [3.05, 3.63) is 0 Å². The predicted molar refractivity (Wildman–Crippen MR) is 55.4 cm³/mol. The Morgan fingerprint density at radius 3 is 2.94 bits per heavy atom. The summed E-state index contributed by atoms with van der Waals surface area (Å²) in [6.07, 6.45) is 4.81. The van der Waals surface area contributed by atoms with Crippen LogP contribution in [0, 0.1) is 28.6 Å². The molecule has 16 heavy (non-hydrogen) atoms. The van der Waals surface area contributed by atoms with Gasteiger partial charge in [0.1, 0.15) is 5.78 Å². The maximum atomic E-state index is 12.1. The number of hydrogen-bond acceptors (Lipinski definition) is 3. The summed E-state index contributed by atoms with van der Waals surface area (Å²) < 4.78 is 4.98. The molecule has 0 aromatic carbocycles. The molecule has 3 bridgehead atoms. The lowest BCUT2D eigenvalue weighted by Crippen LogP contribution is -2.44. The first-order valence-corrected chi connectivity index (χ1v) is 6.23. The van der Waals surface area contributed by atoms with Gasteiger partial charge in [0.25, 0.3) is 0 Å². The number of carbonyl (C=O) groups excluding carboxylic acids is 2. The lowest BCUT2D eigenvalue weighted by Gasteiger charge is -2.47. The van der Waals surface area contributed by atoms with Gasteiger partial charge in [0.05, 0.1) is 12.5 Å². The van der Waals surface area contributed by atoms with Crippen LogP contribution in [0.2, 0.25) is 0 Å². The topological polar surface area (TPSA) is 43.4 Å². The minimum Gasteiger partial charge on any atom is -0.469 e. The molecule has 0 aliphatic heterocycles. The zero-order valence-corrected chi connectivity index (χ0v) is 9.49. The molecule has 0 aromatic rings. The second kappa shape index (κ2) is 2.36. The van der Waals surface area contributed by atoms with Gasteiger partial charge >= 0.3 is 5.97 Å². The van der Waals surface area contributed by atoms with Crippen LogP contribution < -0.4 is 0 Å². The fourth-order valence-electron chi connectivity index (χ4n) is 5.49. The van der Waals surface area contributed by atoms with E-state index in [1.165, 1.54) is 7.11 Å². The summed E-state index contributed by atoms with van der Waals surface area (Å²) >= 11 is 0. The molecule has 3 heteroatoms. The highest BCUT2D eigenvalue weighted by molar-refractivity contribution is 5.91. The number of ether oxygens (including phenoxy) is 1. The number of ketones is 1. The maximum Gasteiger partial charge on any atom is 0.311 e. The Hall–Kier alpha value is -0.860. The van der Waals surface area contributed by atoms with Crippen molar-refractivity contribution in [3.63, 3.8) is 0 Å². The number of fused-ring (bicyclic) bond motifs is 2. The number of hydrogen-bond donors (Lipinski definition) is 0. The summed E-state index contributed by atoms with van der Waals surface area (Å²) in [4.78, 5) is 24.1. The number of Topliss-reactive ketones (excluding diaryl/α,β-unsaturated/α-hetero) is 1. The Morgan fingerprint density at radius 1 is 1.38 bits per heavy atom. The molecule has 0 N–H and O–H groups in total. The van der Waals surface area contributed by atoms with Gasteiger partial charge in [-0.3, -0.25) is 9.59 Å². The van der Waals surface area contributed by atoms with E-state index in [0.29, 0.717) is 17.6 Å². The third kappa shape index (κ3) is 0.712. The minimum absolute atomic E-state index is 0.0561. The SMILES string of the molecule is COC(=O)C12CC3CC4(C1)C(CC4C3=O)C2. The second-order valence-corrected chi connectivity index (χ2v) is 6.38. The van der Waals surface area contributed by atoms with Gasteiger partial charge in [-0.15, -0.1) is 0 Å². The Labute approximate surface area is 94.5 Å². The standard InChI is InChI=1S/C13H16O3/c1-16-11(15)12-3-7-4-13(6-12)8(5-12)2-9(13)10(7)14/h7-9H,2-6H2,1H3. The summed E-state index contributed by atoms with van der Waals surface area (Å²) in [5.41, 5.74) is -0.0581. The number of esters is 1. The van der Waals surface area contributed by atoms with E-state index in [1.807, 2.05) is 0 Å². The summed E-state index contributed by atoms with van der Waals surface area (Å²) in [6, 6.07) is 0. The third-order valence-corrected chi connectivity index (χ3v) is 5.96. The zero-order chi connectivity index (χ0) is 11.1. The highest BCUT2D eigenvalue weighted by Crippen LogP contribution is 2.77. The quantitative estimate of drug-likeness (QED) is 0.630. The number of methoxy groups -OCH3 is 1. The van der Waals surface area contributed by atoms with Crippen LogP contribution in [0.3, 0.4) is 0 Å². The molecule has 0 amide bonds. The molecule has 4 fully saturated rings. The fourth-order valence-corrected chi connectivity index (χ4v) is 5.49. The third-order valence-electron chi connectivity index (χ3n) is 5.96. The van der Waals surface area contributed by atoms with E-state index < -0.39 is 0 Å². The molecular weight excluding hydrogens is 204 g/mol. The molecule has 86 valence electrons. The normalized spacial score (nSPS) is 56.1. The lowest BCUT2D eigenvalue weighted by molar-refractivity contribution is -0.155. The van der Waals surface area contributed by atoms with Gasteiger partial charge in [-0.1, -0.05) is 0 Å². The molecule has 1 spiro atoms. The Morgan fingerprint density at radius 2 is 2.19 bits per heavy atom. The van der Waals surface area contributed by atoms with Crippen molar-refractivity contribution < 1.29 is 14.3 Å². The van der Waals surface area contributed by atoms with Crippen LogP contribution in [-0.4, -0.2) is 18.9 Å². The van der Waals surface area contributed by atoms with Gasteiger partial charge in [-0.25, -0.2) is 0 Å². The largest absolute Gasteiger partial charge is 0.469 e. The number of carbonyl (C=O) groups is 2. The van der Waals surface area contributed by atoms with Crippen molar-refractivity contribution in [2.45, 2.75) is 32.1 Å². The first-order chi connectivity index (χ1) is 7.61. The summed E-state index contributed by atoms with van der Waals surface area (Å²) in [6.45, 7) is 0. The Bertz CT molecular complexity index is 415. The average Bonchev–Trinajstić information content (AvgIpc) is 2.55. The lowest BCUT2D eigenvalue weighted by atomic mass is 9.55. The molecule has 3 nitrogen and oxygen atoms in total. The van der Waals surface area contributed by atoms with E-state index in [0.717, 1.165) is 32.1 Å². The van der Waals surface area contributed by atoms with Crippen LogP contribution in [0.5, 0.6) is 0 Å². The maximum absolute atomic E-state index is 12.1. The summed E-state index contributed by atoms with van der Waals surface area (Å²) in [7, 11) is 1.48. The smallest absolute Gasteiger partial charge is 0.311 e. The summed E-state index contributed by atoms with van der Waals surface area (Å²) in [5, 5.41) is 0. The van der Waals surface area contributed by atoms with Crippen molar-refractivity contribution >= 4 is 11.8 Å². The zero-order valence-electron chi connectivity index (χ0n) is 9.49. The van der Waals surface area contributed by atoms with Crippen LogP contribution in [0.15, 0.2) is 0 Å². The van der Waals surface area contributed by atoms with E-state index in [9.17, 15) is 9.59 Å². The van der Waals surface area contributed by atoms with Gasteiger partial charge in [0.15, 0.2) is 0 Å². The van der Waals surface area contributed by atoms with Crippen molar-refractivity contribution in [1.82, 2.24) is 0 Å². The van der Waals surface area contributed by atoms with Crippen molar-refractivity contribution in [1.29, 1.82) is 0 Å². The van der Waals surface area contributed by atoms with E-state index in [-0.39, 0.29) is 22.7 Å². The Kier molecular flexibility index (Phi) is 1.36. The molecule has 4 rings (SSSR count). The van der Waals surface area contributed by atoms with E-state index in [1.54, 1.807) is 0 Å². The van der Waals surface area contributed by atoms with Crippen LogP contribution in [0.25, 0.3) is 0 Å². The van der Waals surface area contributed by atoms with Gasteiger partial charge in [0.2, 0.25) is 0 Å². The molecule has 4 saturated carbocycles. The van der Waals surface area contributed by atoms with Crippen molar-refractivity contribution in [2.75, 3.05) is 7.11 Å². The molecule has 5 unspecified atom stereocenters. The highest BCUT2D eigenvalue weighted by atomic mass is 16.5. The average molecular weight is 220 g/mol. The van der Waals surface area contributed by atoms with E-state index in [2.05, 4.69) is 0 Å². The minimum atomic E-state index is -0.288. The molecule has 4 aliphatic rings. The molecular formula is C13H16O3. The molecule has 0 heterocycles. The van der Waals surface area contributed by atoms with Crippen molar-refractivity contribution in [2.24, 2.45) is 28.6 Å². The van der Waals surface area contributed by atoms with Crippen LogP contribution in [-0.2, 0) is 14.3 Å². The molecule has 5 atom stereocenters. The van der Waals surface area contributed by atoms with E-state index in [4.69, 9.17) is 4.74 Å². The predicted octanol–water partition coefficient (Wildman–Crippen LogP) is 1.55. The van der Waals surface area contributed by atoms with Gasteiger partial charge < -0.3 is 4.74 Å². The Balaban J connectivity index is 1.82. The fraction of sp³-hybridized carbons (Fsp3) is 0.846. The monoisotopic (exact) mass is 220 g/mol. The highest BCUT2D eigenvalue weighted by Gasteiger charge is 2.75. The molecule has 0 radical (unpaired) electrons. The van der Waals surface area contributed by atoms with Gasteiger partial charge in [0, 0.05) is 11.8 Å². The first kappa shape index (κ1) is 9.20. The molecule has 0 saturated heterocycles. The van der Waals surface area contributed by atoms with Gasteiger partial charge in [-0.05, 0) is 43.4 Å². The second-order valence-electron chi connectivity index (χ2n) is 6.38.